The fourth-order valence-corrected chi connectivity index (χ4v) is 7.14. The minimum atomic E-state index is -0.683. The highest BCUT2D eigenvalue weighted by atomic mass is 32.2. The van der Waals surface area contributed by atoms with Crippen LogP contribution < -0.4 is 10.6 Å². The van der Waals surface area contributed by atoms with E-state index in [-0.39, 0.29) is 48.8 Å². The van der Waals surface area contributed by atoms with Crippen LogP contribution in [0, 0.1) is 0 Å². The largest absolute Gasteiger partial charge is 0.392 e. The third-order valence-electron chi connectivity index (χ3n) is 8.73. The van der Waals surface area contributed by atoms with E-state index in [4.69, 9.17) is 9.47 Å². The molecule has 1 aliphatic heterocycles. The van der Waals surface area contributed by atoms with E-state index in [9.17, 15) is 19.5 Å². The molecule has 1 aliphatic rings. The first-order valence-corrected chi connectivity index (χ1v) is 17.8. The first kappa shape index (κ1) is 35.8. The number of nitrogens with one attached hydrogen (secondary N) is 2. The average molecular weight is 701 g/mol. The van der Waals surface area contributed by atoms with Crippen LogP contribution in [0.3, 0.4) is 0 Å². The van der Waals surface area contributed by atoms with Gasteiger partial charge in [-0.3, -0.25) is 14.4 Å². The van der Waals surface area contributed by atoms with E-state index in [1.807, 2.05) is 91.0 Å². The molecule has 1 heterocycles. The minimum Gasteiger partial charge on any atom is -0.392 e. The van der Waals surface area contributed by atoms with Crippen molar-refractivity contribution in [2.24, 2.45) is 0 Å². The van der Waals surface area contributed by atoms with Gasteiger partial charge in [0.1, 0.15) is 0 Å². The Bertz CT molecular complexity index is 1950. The number of benzene rings is 5. The number of aliphatic hydroxyl groups is 1. The van der Waals surface area contributed by atoms with E-state index in [2.05, 4.69) is 22.8 Å². The summed E-state index contributed by atoms with van der Waals surface area (Å²) in [4.78, 5) is 37.2. The van der Waals surface area contributed by atoms with E-state index < -0.39 is 6.29 Å². The second kappa shape index (κ2) is 16.8. The summed E-state index contributed by atoms with van der Waals surface area (Å²) in [6.45, 7) is 2.94. The summed E-state index contributed by atoms with van der Waals surface area (Å²) in [7, 11) is 0. The molecule has 1 fully saturated rings. The molecule has 0 aliphatic carbocycles. The number of ketones is 1. The molecule has 8 nitrogen and oxygen atoms in total. The average Bonchev–Trinajstić information content (AvgIpc) is 3.14. The molecule has 5 aromatic carbocycles. The molecule has 2 amide bonds. The lowest BCUT2D eigenvalue weighted by Gasteiger charge is -2.43. The predicted molar refractivity (Wildman–Crippen MR) is 200 cm³/mol. The minimum absolute atomic E-state index is 0.0468. The van der Waals surface area contributed by atoms with Crippen molar-refractivity contribution in [1.29, 1.82) is 0 Å². The maximum absolute atomic E-state index is 12.9. The van der Waals surface area contributed by atoms with Crippen molar-refractivity contribution in [3.05, 3.63) is 161 Å². The molecule has 6 rings (SSSR count). The third kappa shape index (κ3) is 9.39. The van der Waals surface area contributed by atoms with Crippen molar-refractivity contribution in [2.45, 2.75) is 56.2 Å². The van der Waals surface area contributed by atoms with Gasteiger partial charge in [0.05, 0.1) is 25.2 Å². The fraction of sp³-hybridized carbons (Fsp3) is 0.214. The van der Waals surface area contributed by atoms with Gasteiger partial charge in [0, 0.05) is 46.0 Å². The van der Waals surface area contributed by atoms with Crippen molar-refractivity contribution in [2.75, 3.05) is 16.4 Å². The highest BCUT2D eigenvalue weighted by Crippen LogP contribution is 2.48. The first-order chi connectivity index (χ1) is 24.7. The molecule has 1 unspecified atom stereocenters. The summed E-state index contributed by atoms with van der Waals surface area (Å²) in [5.41, 5.74) is 6.39. The lowest BCUT2D eigenvalue weighted by molar-refractivity contribution is -0.255. The van der Waals surface area contributed by atoms with Gasteiger partial charge in [-0.05, 0) is 65.6 Å². The third-order valence-corrected chi connectivity index (χ3v) is 9.83. The maximum atomic E-state index is 12.9. The van der Waals surface area contributed by atoms with Crippen LogP contribution in [0.25, 0.3) is 0 Å². The van der Waals surface area contributed by atoms with Gasteiger partial charge in [0.15, 0.2) is 12.1 Å². The number of rotatable bonds is 12. The Morgan fingerprint density at radius 1 is 0.686 bits per heavy atom. The number of carbonyl (C=O) groups excluding carboxylic acids is 3. The Kier molecular flexibility index (Phi) is 11.8. The van der Waals surface area contributed by atoms with Crippen LogP contribution in [-0.2, 0) is 32.1 Å². The number of hydrogen-bond acceptors (Lipinski definition) is 7. The number of hydrogen-bond donors (Lipinski definition) is 3. The highest BCUT2D eigenvalue weighted by molar-refractivity contribution is 7.99. The van der Waals surface area contributed by atoms with Crippen molar-refractivity contribution in [3.8, 4) is 0 Å². The Labute approximate surface area is 302 Å². The summed E-state index contributed by atoms with van der Waals surface area (Å²) in [5, 5.41) is 15.4. The summed E-state index contributed by atoms with van der Waals surface area (Å²) in [6.07, 6.45) is -1.14. The van der Waals surface area contributed by atoms with Crippen LogP contribution >= 0.6 is 11.8 Å². The van der Waals surface area contributed by atoms with Crippen LogP contribution in [-0.4, -0.2) is 34.6 Å². The monoisotopic (exact) mass is 700 g/mol. The van der Waals surface area contributed by atoms with Crippen LogP contribution in [0.2, 0.25) is 0 Å². The number of aliphatic hydroxyl groups excluding tert-OH is 1. The summed E-state index contributed by atoms with van der Waals surface area (Å²) < 4.78 is 13.6. The fourth-order valence-electron chi connectivity index (χ4n) is 6.17. The molecule has 0 aromatic heterocycles. The zero-order valence-corrected chi connectivity index (χ0v) is 29.3. The Morgan fingerprint density at radius 3 is 2.04 bits per heavy atom. The maximum Gasteiger partial charge on any atom is 0.228 e. The van der Waals surface area contributed by atoms with E-state index in [1.165, 1.54) is 13.8 Å². The Morgan fingerprint density at radius 2 is 1.37 bits per heavy atom. The molecular formula is C42H40N2O6S. The predicted octanol–water partition coefficient (Wildman–Crippen LogP) is 8.25. The van der Waals surface area contributed by atoms with Crippen LogP contribution in [0.5, 0.6) is 0 Å². The number of anilines is 2. The van der Waals surface area contributed by atoms with Gasteiger partial charge < -0.3 is 25.2 Å². The zero-order valence-electron chi connectivity index (χ0n) is 28.5. The number of carbonyl (C=O) groups is 3. The Hall–Kier alpha value is -5.06. The molecule has 1 saturated heterocycles. The van der Waals surface area contributed by atoms with Crippen LogP contribution in [0.4, 0.5) is 11.4 Å². The van der Waals surface area contributed by atoms with Crippen LogP contribution in [0.1, 0.15) is 70.3 Å². The second-order valence-corrected chi connectivity index (χ2v) is 13.6. The molecule has 5 aromatic rings. The van der Waals surface area contributed by atoms with Crippen molar-refractivity contribution < 1.29 is 29.0 Å². The SMILES string of the molecule is CC(=O)Nc1ccc(SC[C@H]2OC(c3ccc(CC(=O)Nc4cccc(C(C)=O)c4)cc3)O[C@@H](c3ccc(CO)cc3)[C@@H]2c2ccccc2)cc1. The van der Waals surface area contributed by atoms with Crippen molar-refractivity contribution >= 4 is 40.7 Å². The summed E-state index contributed by atoms with van der Waals surface area (Å²) >= 11 is 1.68. The molecule has 4 atom stereocenters. The zero-order chi connectivity index (χ0) is 35.7. The smallest absolute Gasteiger partial charge is 0.228 e. The highest BCUT2D eigenvalue weighted by Gasteiger charge is 2.41. The van der Waals surface area contributed by atoms with Gasteiger partial charge >= 0.3 is 0 Å². The van der Waals surface area contributed by atoms with Gasteiger partial charge in [-0.15, -0.1) is 11.8 Å². The number of Topliss-reactive ketones (excluding diaryl/α,β-unsaturated/α-hetero) is 1. The van der Waals surface area contributed by atoms with Crippen molar-refractivity contribution in [3.63, 3.8) is 0 Å². The summed E-state index contributed by atoms with van der Waals surface area (Å²) in [6, 6.07) is 40.4. The number of ether oxygens (including phenoxy) is 2. The molecule has 0 bridgehead atoms. The van der Waals surface area contributed by atoms with Gasteiger partial charge in [-0.25, -0.2) is 0 Å². The second-order valence-electron chi connectivity index (χ2n) is 12.5. The number of amides is 2. The van der Waals surface area contributed by atoms with Gasteiger partial charge in [0.25, 0.3) is 0 Å². The summed E-state index contributed by atoms with van der Waals surface area (Å²) in [5.74, 6) is 0.124. The standard InChI is InChI=1S/C42H40N2O6S/c1-27(46)34-9-6-10-36(24-34)44-39(48)23-29-11-17-33(18-12-29)42-49-38(26-51-37-21-19-35(20-22-37)43-28(2)47)40(31-7-4-3-5-8-31)41(50-42)32-15-13-30(25-45)14-16-32/h3-22,24,38,40-42,45H,23,25-26H2,1-2H3,(H,43,47)(H,44,48)/t38-,40-,41+,42?/m1/s1. The lowest BCUT2D eigenvalue weighted by atomic mass is 9.84. The molecule has 0 spiro atoms. The van der Waals surface area contributed by atoms with Crippen LogP contribution in [0.15, 0.2) is 132 Å². The molecule has 51 heavy (non-hydrogen) atoms. The molecular weight excluding hydrogens is 661 g/mol. The lowest BCUT2D eigenvalue weighted by Crippen LogP contribution is -2.38. The van der Waals surface area contributed by atoms with Gasteiger partial charge in [0.2, 0.25) is 11.8 Å². The molecule has 0 radical (unpaired) electrons. The molecule has 9 heteroatoms. The van der Waals surface area contributed by atoms with E-state index in [0.717, 1.165) is 38.4 Å². The quantitative estimate of drug-likeness (QED) is 0.0887. The number of thioether (sulfide) groups is 1. The normalized spacial score (nSPS) is 18.5. The Balaban J connectivity index is 1.24. The van der Waals surface area contributed by atoms with Gasteiger partial charge in [-0.2, -0.15) is 0 Å². The molecule has 3 N–H and O–H groups in total. The first-order valence-electron chi connectivity index (χ1n) is 16.8. The molecule has 260 valence electrons. The van der Waals surface area contributed by atoms with E-state index in [1.54, 1.807) is 36.0 Å². The van der Waals surface area contributed by atoms with Crippen molar-refractivity contribution in [1.82, 2.24) is 0 Å². The van der Waals surface area contributed by atoms with E-state index >= 15 is 0 Å². The van der Waals surface area contributed by atoms with E-state index in [0.29, 0.717) is 17.0 Å². The topological polar surface area (TPSA) is 114 Å². The van der Waals surface area contributed by atoms with Gasteiger partial charge in [-0.1, -0.05) is 91.0 Å². The molecule has 0 saturated carbocycles.